The van der Waals surface area contributed by atoms with Crippen molar-refractivity contribution in [3.8, 4) is 44.9 Å². The van der Waals surface area contributed by atoms with Gasteiger partial charge in [0.05, 0.1) is 0 Å². The van der Waals surface area contributed by atoms with Crippen LogP contribution in [0.5, 0.6) is 0 Å². The summed E-state index contributed by atoms with van der Waals surface area (Å²) >= 11 is 0. The van der Waals surface area contributed by atoms with Gasteiger partial charge >= 0.3 is 20.1 Å². The minimum absolute atomic E-state index is 0. The number of aromatic nitrogens is 3. The van der Waals surface area contributed by atoms with E-state index in [4.69, 9.17) is 0 Å². The Kier molecular flexibility index (Phi) is 12.5. The second-order valence-corrected chi connectivity index (χ2v) is 9.51. The van der Waals surface area contributed by atoms with Gasteiger partial charge in [0.1, 0.15) is 0 Å². The zero-order valence-corrected chi connectivity index (χ0v) is 26.7. The molecule has 44 heavy (non-hydrogen) atoms. The van der Waals surface area contributed by atoms with Gasteiger partial charge in [-0.1, -0.05) is 60.7 Å². The molecule has 0 unspecified atom stereocenters. The molecule has 0 bridgehead atoms. The second kappa shape index (κ2) is 17.2. The molecule has 0 aliphatic carbocycles. The van der Waals surface area contributed by atoms with Gasteiger partial charge in [-0.2, -0.15) is 0 Å². The standard InChI is InChI=1S/C18H14N.2C11H8N.Ir/c1-14-12-18(16-10-6-3-7-11-16)19-13-17(14)15-8-4-2-5-9-15;2*1-2-6-10(7-3-1)11-8-4-5-9-12-11;/h2-10,12-13H,1H3;2*1-6,8-9H;/q3*-1;+3. The number of nitrogens with zero attached hydrogens (tertiary/aromatic N) is 3. The van der Waals surface area contributed by atoms with Crippen molar-refractivity contribution in [3.63, 3.8) is 0 Å². The molecule has 7 rings (SSSR count). The van der Waals surface area contributed by atoms with Crippen molar-refractivity contribution in [3.05, 3.63) is 188 Å². The Morgan fingerprint density at radius 3 is 1.32 bits per heavy atom. The first kappa shape index (κ1) is 31.9. The molecule has 4 aromatic carbocycles. The summed E-state index contributed by atoms with van der Waals surface area (Å²) in [6.07, 6.45) is 5.52. The maximum absolute atomic E-state index is 4.55. The van der Waals surface area contributed by atoms with Crippen LogP contribution in [0.25, 0.3) is 44.9 Å². The van der Waals surface area contributed by atoms with E-state index in [2.05, 4.69) is 58.3 Å². The molecular formula is C40H30IrN3. The van der Waals surface area contributed by atoms with Crippen molar-refractivity contribution < 1.29 is 20.1 Å². The van der Waals surface area contributed by atoms with E-state index in [0.29, 0.717) is 0 Å². The van der Waals surface area contributed by atoms with Crippen LogP contribution in [-0.4, -0.2) is 15.0 Å². The molecule has 7 aromatic rings. The van der Waals surface area contributed by atoms with Crippen molar-refractivity contribution in [1.82, 2.24) is 15.0 Å². The molecule has 214 valence electrons. The molecular weight excluding hydrogens is 715 g/mol. The topological polar surface area (TPSA) is 38.7 Å². The van der Waals surface area contributed by atoms with Crippen LogP contribution in [0.4, 0.5) is 0 Å². The zero-order chi connectivity index (χ0) is 29.5. The quantitative estimate of drug-likeness (QED) is 0.169. The van der Waals surface area contributed by atoms with Crippen LogP contribution in [0.15, 0.2) is 164 Å². The Hall–Kier alpha value is -5.02. The van der Waals surface area contributed by atoms with Crippen LogP contribution in [0.2, 0.25) is 0 Å². The molecule has 0 aliphatic heterocycles. The fourth-order valence-electron chi connectivity index (χ4n) is 4.33. The van der Waals surface area contributed by atoms with Crippen LogP contribution < -0.4 is 0 Å². The van der Waals surface area contributed by atoms with E-state index >= 15 is 0 Å². The monoisotopic (exact) mass is 745 g/mol. The van der Waals surface area contributed by atoms with Gasteiger partial charge in [0.25, 0.3) is 0 Å². The van der Waals surface area contributed by atoms with Gasteiger partial charge in [-0.25, -0.2) is 0 Å². The van der Waals surface area contributed by atoms with Crippen LogP contribution in [0.1, 0.15) is 5.56 Å². The smallest absolute Gasteiger partial charge is 0.305 e. The molecule has 0 atom stereocenters. The van der Waals surface area contributed by atoms with E-state index in [1.54, 1.807) is 12.4 Å². The average Bonchev–Trinajstić information content (AvgIpc) is 3.11. The number of aryl methyl sites for hydroxylation is 1. The molecule has 4 heteroatoms. The predicted octanol–water partition coefficient (Wildman–Crippen LogP) is 9.62. The average molecular weight is 745 g/mol. The normalized spacial score (nSPS) is 9.75. The van der Waals surface area contributed by atoms with E-state index in [1.165, 1.54) is 16.7 Å². The predicted molar refractivity (Wildman–Crippen MR) is 176 cm³/mol. The molecule has 0 aliphatic rings. The summed E-state index contributed by atoms with van der Waals surface area (Å²) in [5, 5.41) is 0. The van der Waals surface area contributed by atoms with Gasteiger partial charge in [-0.3, -0.25) is 0 Å². The first-order chi connectivity index (χ1) is 21.3. The number of pyridine rings is 3. The third-order valence-corrected chi connectivity index (χ3v) is 6.48. The minimum Gasteiger partial charge on any atom is -0.305 e. The van der Waals surface area contributed by atoms with Gasteiger partial charge in [-0.05, 0) is 47.3 Å². The van der Waals surface area contributed by atoms with E-state index in [0.717, 1.165) is 33.8 Å². The van der Waals surface area contributed by atoms with Gasteiger partial charge in [-0.15, -0.1) is 108 Å². The summed E-state index contributed by atoms with van der Waals surface area (Å²) in [4.78, 5) is 13.0. The van der Waals surface area contributed by atoms with Crippen molar-refractivity contribution >= 4 is 0 Å². The van der Waals surface area contributed by atoms with Crippen molar-refractivity contribution in [1.29, 1.82) is 0 Å². The van der Waals surface area contributed by atoms with Crippen molar-refractivity contribution in [2.75, 3.05) is 0 Å². The zero-order valence-electron chi connectivity index (χ0n) is 24.3. The summed E-state index contributed by atoms with van der Waals surface area (Å²) in [5.74, 6) is 0. The third-order valence-electron chi connectivity index (χ3n) is 6.48. The number of hydrogen-bond donors (Lipinski definition) is 0. The maximum atomic E-state index is 4.55. The van der Waals surface area contributed by atoms with Crippen molar-refractivity contribution in [2.45, 2.75) is 6.92 Å². The SMILES string of the molecule is Cc1cc(-c2[c-]cccc2)ncc1-c1ccccc1.[Ir+3].[c-]1ccccc1-c1ccccn1.[c-]1ccccc1-c1ccccn1. The Morgan fingerprint density at radius 1 is 0.455 bits per heavy atom. The first-order valence-corrected chi connectivity index (χ1v) is 14.0. The van der Waals surface area contributed by atoms with E-state index in [9.17, 15) is 0 Å². The second-order valence-electron chi connectivity index (χ2n) is 9.51. The van der Waals surface area contributed by atoms with Crippen LogP contribution in [0, 0.1) is 25.1 Å². The van der Waals surface area contributed by atoms with Crippen LogP contribution >= 0.6 is 0 Å². The minimum atomic E-state index is 0. The largest absolute Gasteiger partial charge is 3.00 e. The Balaban J connectivity index is 0.000000155. The molecule has 0 saturated heterocycles. The molecule has 0 amide bonds. The van der Waals surface area contributed by atoms with Gasteiger partial charge in [0, 0.05) is 24.2 Å². The van der Waals surface area contributed by atoms with E-state index in [1.807, 2.05) is 134 Å². The Bertz CT molecular complexity index is 1630. The maximum Gasteiger partial charge on any atom is 3.00 e. The Labute approximate surface area is 273 Å². The summed E-state index contributed by atoms with van der Waals surface area (Å²) in [7, 11) is 0. The van der Waals surface area contributed by atoms with Gasteiger partial charge in [0.2, 0.25) is 0 Å². The molecule has 3 heterocycles. The first-order valence-electron chi connectivity index (χ1n) is 14.0. The fourth-order valence-corrected chi connectivity index (χ4v) is 4.33. The molecule has 0 radical (unpaired) electrons. The molecule has 0 spiro atoms. The number of benzene rings is 4. The molecule has 0 N–H and O–H groups in total. The van der Waals surface area contributed by atoms with E-state index in [-0.39, 0.29) is 20.1 Å². The van der Waals surface area contributed by atoms with Crippen LogP contribution in [0.3, 0.4) is 0 Å². The third kappa shape index (κ3) is 9.24. The Morgan fingerprint density at radius 2 is 0.909 bits per heavy atom. The van der Waals surface area contributed by atoms with Gasteiger partial charge in [0.15, 0.2) is 0 Å². The molecule has 0 fully saturated rings. The van der Waals surface area contributed by atoms with Crippen molar-refractivity contribution in [2.24, 2.45) is 0 Å². The summed E-state index contributed by atoms with van der Waals surface area (Å²) in [6, 6.07) is 57.2. The van der Waals surface area contributed by atoms with E-state index < -0.39 is 0 Å². The summed E-state index contributed by atoms with van der Waals surface area (Å²) < 4.78 is 0. The van der Waals surface area contributed by atoms with Crippen LogP contribution in [-0.2, 0) is 20.1 Å². The fraction of sp³-hybridized carbons (Fsp3) is 0.0250. The van der Waals surface area contributed by atoms with Gasteiger partial charge < -0.3 is 15.0 Å². The molecule has 0 saturated carbocycles. The summed E-state index contributed by atoms with van der Waals surface area (Å²) in [5.41, 5.74) is 9.64. The number of rotatable bonds is 4. The summed E-state index contributed by atoms with van der Waals surface area (Å²) in [6.45, 7) is 2.12. The molecule has 3 aromatic heterocycles. The molecule has 3 nitrogen and oxygen atoms in total. The number of hydrogen-bond acceptors (Lipinski definition) is 3.